The molecular formula is C13H14N4OS. The standard InChI is InChI=1S/C13H14N4OS/c1-9-2-3-12(18-9)13-10(5-16-17-13)4-14-6-11-7-15-8-19-11/h2-3,5,7-8,14H,4,6H2,1H3,(H,16,17). The highest BCUT2D eigenvalue weighted by atomic mass is 32.1. The van der Waals surface area contributed by atoms with Gasteiger partial charge in [0, 0.05) is 29.7 Å². The maximum atomic E-state index is 5.61. The van der Waals surface area contributed by atoms with Crippen LogP contribution in [0.2, 0.25) is 0 Å². The Bertz CT molecular complexity index is 641. The zero-order valence-corrected chi connectivity index (χ0v) is 11.3. The normalized spacial score (nSPS) is 11.0. The van der Waals surface area contributed by atoms with Gasteiger partial charge in [-0.15, -0.1) is 11.3 Å². The predicted octanol–water partition coefficient (Wildman–Crippen LogP) is 2.72. The minimum absolute atomic E-state index is 0.740. The van der Waals surface area contributed by atoms with Crippen molar-refractivity contribution in [3.63, 3.8) is 0 Å². The van der Waals surface area contributed by atoms with E-state index < -0.39 is 0 Å². The summed E-state index contributed by atoms with van der Waals surface area (Å²) in [6.45, 7) is 3.48. The number of thiazole rings is 1. The van der Waals surface area contributed by atoms with E-state index in [1.807, 2.05) is 37.0 Å². The number of hydrogen-bond acceptors (Lipinski definition) is 5. The Labute approximate surface area is 114 Å². The summed E-state index contributed by atoms with van der Waals surface area (Å²) in [5.41, 5.74) is 3.87. The first-order valence-electron chi connectivity index (χ1n) is 6.00. The van der Waals surface area contributed by atoms with Crippen LogP contribution in [-0.4, -0.2) is 15.2 Å². The average molecular weight is 274 g/mol. The summed E-state index contributed by atoms with van der Waals surface area (Å²) < 4.78 is 5.61. The monoisotopic (exact) mass is 274 g/mol. The number of hydrogen-bond donors (Lipinski definition) is 2. The van der Waals surface area contributed by atoms with Gasteiger partial charge in [-0.25, -0.2) is 0 Å². The van der Waals surface area contributed by atoms with E-state index >= 15 is 0 Å². The molecule has 3 aromatic heterocycles. The molecule has 0 atom stereocenters. The fourth-order valence-electron chi connectivity index (χ4n) is 1.88. The van der Waals surface area contributed by atoms with Crippen LogP contribution < -0.4 is 5.32 Å². The number of aromatic amines is 1. The van der Waals surface area contributed by atoms with Crippen LogP contribution >= 0.6 is 11.3 Å². The predicted molar refractivity (Wildman–Crippen MR) is 73.7 cm³/mol. The second-order valence-corrected chi connectivity index (χ2v) is 5.22. The summed E-state index contributed by atoms with van der Waals surface area (Å²) in [4.78, 5) is 5.27. The molecule has 0 amide bonds. The van der Waals surface area contributed by atoms with Crippen LogP contribution in [-0.2, 0) is 13.1 Å². The molecule has 3 heterocycles. The van der Waals surface area contributed by atoms with Gasteiger partial charge in [0.05, 0.1) is 11.7 Å². The number of H-pyrrole nitrogens is 1. The molecule has 0 bridgehead atoms. The molecule has 5 nitrogen and oxygen atoms in total. The molecule has 3 rings (SSSR count). The van der Waals surface area contributed by atoms with Crippen LogP contribution in [0.15, 0.2) is 34.5 Å². The Morgan fingerprint density at radius 1 is 1.32 bits per heavy atom. The number of aromatic nitrogens is 3. The molecule has 6 heteroatoms. The highest BCUT2D eigenvalue weighted by Gasteiger charge is 2.10. The fourth-order valence-corrected chi connectivity index (χ4v) is 2.44. The minimum Gasteiger partial charge on any atom is -0.460 e. The lowest BCUT2D eigenvalue weighted by Crippen LogP contribution is -2.11. The highest BCUT2D eigenvalue weighted by molar-refractivity contribution is 7.09. The molecule has 0 aromatic carbocycles. The number of rotatable bonds is 5. The average Bonchev–Trinajstić information content (AvgIpc) is 3.10. The second-order valence-electron chi connectivity index (χ2n) is 4.25. The van der Waals surface area contributed by atoms with Gasteiger partial charge >= 0.3 is 0 Å². The van der Waals surface area contributed by atoms with Gasteiger partial charge < -0.3 is 9.73 Å². The van der Waals surface area contributed by atoms with Crippen LogP contribution in [0, 0.1) is 6.92 Å². The van der Waals surface area contributed by atoms with E-state index in [0.29, 0.717) is 0 Å². The highest BCUT2D eigenvalue weighted by Crippen LogP contribution is 2.23. The van der Waals surface area contributed by atoms with Crippen molar-refractivity contribution in [2.24, 2.45) is 0 Å². The Kier molecular flexibility index (Phi) is 3.43. The first-order valence-corrected chi connectivity index (χ1v) is 6.88. The Morgan fingerprint density at radius 3 is 3.00 bits per heavy atom. The number of nitrogens with one attached hydrogen (secondary N) is 2. The third-order valence-electron chi connectivity index (χ3n) is 2.80. The zero-order valence-electron chi connectivity index (χ0n) is 10.5. The number of furan rings is 1. The Morgan fingerprint density at radius 2 is 2.26 bits per heavy atom. The maximum absolute atomic E-state index is 5.61. The Balaban J connectivity index is 1.67. The first-order chi connectivity index (χ1) is 9.33. The van der Waals surface area contributed by atoms with E-state index in [-0.39, 0.29) is 0 Å². The number of aryl methyl sites for hydroxylation is 1. The summed E-state index contributed by atoms with van der Waals surface area (Å²) in [5, 5.41) is 10.5. The zero-order chi connectivity index (χ0) is 13.1. The molecule has 0 fully saturated rings. The van der Waals surface area contributed by atoms with Gasteiger partial charge in [0.1, 0.15) is 11.5 Å². The summed E-state index contributed by atoms with van der Waals surface area (Å²) in [6.07, 6.45) is 3.71. The molecule has 3 aromatic rings. The van der Waals surface area contributed by atoms with E-state index in [1.54, 1.807) is 11.3 Å². The van der Waals surface area contributed by atoms with E-state index in [0.717, 1.165) is 35.9 Å². The SMILES string of the molecule is Cc1ccc(-c2[nH]ncc2CNCc2cncs2)o1. The van der Waals surface area contributed by atoms with Crippen molar-refractivity contribution in [1.29, 1.82) is 0 Å². The van der Waals surface area contributed by atoms with Crippen molar-refractivity contribution in [3.8, 4) is 11.5 Å². The summed E-state index contributed by atoms with van der Waals surface area (Å²) >= 11 is 1.65. The summed E-state index contributed by atoms with van der Waals surface area (Å²) in [7, 11) is 0. The van der Waals surface area contributed by atoms with Crippen molar-refractivity contribution in [3.05, 3.63) is 46.2 Å². The van der Waals surface area contributed by atoms with E-state index in [2.05, 4.69) is 20.5 Å². The smallest absolute Gasteiger partial charge is 0.152 e. The molecule has 0 spiro atoms. The van der Waals surface area contributed by atoms with Crippen LogP contribution in [0.5, 0.6) is 0 Å². The fraction of sp³-hybridized carbons (Fsp3) is 0.231. The number of nitrogens with zero attached hydrogens (tertiary/aromatic N) is 2. The van der Waals surface area contributed by atoms with Gasteiger partial charge in [-0.2, -0.15) is 5.10 Å². The van der Waals surface area contributed by atoms with Crippen LogP contribution in [0.3, 0.4) is 0 Å². The van der Waals surface area contributed by atoms with Crippen LogP contribution in [0.4, 0.5) is 0 Å². The van der Waals surface area contributed by atoms with E-state index in [1.165, 1.54) is 4.88 Å². The molecule has 0 saturated heterocycles. The molecule has 98 valence electrons. The van der Waals surface area contributed by atoms with Crippen molar-refractivity contribution in [2.45, 2.75) is 20.0 Å². The van der Waals surface area contributed by atoms with Crippen molar-refractivity contribution < 1.29 is 4.42 Å². The quantitative estimate of drug-likeness (QED) is 0.750. The van der Waals surface area contributed by atoms with Gasteiger partial charge in [0.15, 0.2) is 5.76 Å². The van der Waals surface area contributed by atoms with Crippen molar-refractivity contribution in [1.82, 2.24) is 20.5 Å². The second kappa shape index (κ2) is 5.38. The molecular weight excluding hydrogens is 260 g/mol. The first kappa shape index (κ1) is 12.1. The van der Waals surface area contributed by atoms with Gasteiger partial charge in [0.25, 0.3) is 0 Å². The van der Waals surface area contributed by atoms with Crippen LogP contribution in [0.1, 0.15) is 16.2 Å². The van der Waals surface area contributed by atoms with E-state index in [9.17, 15) is 0 Å². The molecule has 0 saturated carbocycles. The summed E-state index contributed by atoms with van der Waals surface area (Å²) in [6, 6.07) is 3.90. The maximum Gasteiger partial charge on any atom is 0.152 e. The Hall–Kier alpha value is -1.92. The molecule has 19 heavy (non-hydrogen) atoms. The molecule has 2 N–H and O–H groups in total. The topological polar surface area (TPSA) is 66.7 Å². The molecule has 0 aliphatic heterocycles. The third kappa shape index (κ3) is 2.74. The third-order valence-corrected chi connectivity index (χ3v) is 3.58. The van der Waals surface area contributed by atoms with Crippen molar-refractivity contribution >= 4 is 11.3 Å². The lowest BCUT2D eigenvalue weighted by Gasteiger charge is -2.02. The summed E-state index contributed by atoms with van der Waals surface area (Å²) in [5.74, 6) is 1.72. The van der Waals surface area contributed by atoms with Gasteiger partial charge in [0.2, 0.25) is 0 Å². The largest absolute Gasteiger partial charge is 0.460 e. The van der Waals surface area contributed by atoms with Gasteiger partial charge in [-0.3, -0.25) is 10.1 Å². The van der Waals surface area contributed by atoms with E-state index in [4.69, 9.17) is 4.42 Å². The van der Waals surface area contributed by atoms with Gasteiger partial charge in [-0.1, -0.05) is 0 Å². The lowest BCUT2D eigenvalue weighted by atomic mass is 10.2. The van der Waals surface area contributed by atoms with Crippen molar-refractivity contribution in [2.75, 3.05) is 0 Å². The van der Waals surface area contributed by atoms with Crippen LogP contribution in [0.25, 0.3) is 11.5 Å². The molecule has 0 aliphatic carbocycles. The molecule has 0 radical (unpaired) electrons. The minimum atomic E-state index is 0.740. The lowest BCUT2D eigenvalue weighted by molar-refractivity contribution is 0.545. The molecule has 0 aliphatic rings. The van der Waals surface area contributed by atoms with Gasteiger partial charge in [-0.05, 0) is 19.1 Å². The molecule has 0 unspecified atom stereocenters.